The minimum Gasteiger partial charge on any atom is -0.456 e. The van der Waals surface area contributed by atoms with Crippen molar-refractivity contribution < 1.29 is 4.42 Å². The molecule has 0 saturated heterocycles. The van der Waals surface area contributed by atoms with Crippen molar-refractivity contribution in [3.05, 3.63) is 176 Å². The molecule has 0 fully saturated rings. The van der Waals surface area contributed by atoms with Crippen LogP contribution in [0.4, 0.5) is 0 Å². The zero-order chi connectivity index (χ0) is 36.5. The van der Waals surface area contributed by atoms with Gasteiger partial charge in [-0.25, -0.2) is 9.97 Å². The van der Waals surface area contributed by atoms with Gasteiger partial charge in [-0.3, -0.25) is 4.57 Å². The van der Waals surface area contributed by atoms with Crippen molar-refractivity contribution in [1.82, 2.24) is 14.5 Å². The predicted octanol–water partition coefficient (Wildman–Crippen LogP) is 14.1. The SMILES string of the molecule is c1ccc2cc3c(cc2c1)c1c2c4ccccc4c4ccccc4c2ccc1n3-c1nc2ccc3ccccc3c2nc1-c1ccc2c(c1)oc1ccccc12. The van der Waals surface area contributed by atoms with E-state index < -0.39 is 0 Å². The Labute approximate surface area is 319 Å². The van der Waals surface area contributed by atoms with Crippen LogP contribution in [0.1, 0.15) is 0 Å². The second-order valence-corrected chi connectivity index (χ2v) is 14.9. The van der Waals surface area contributed by atoms with Gasteiger partial charge in [0.05, 0.1) is 22.1 Å². The summed E-state index contributed by atoms with van der Waals surface area (Å²) < 4.78 is 8.82. The third-order valence-electron chi connectivity index (χ3n) is 11.9. The van der Waals surface area contributed by atoms with Crippen LogP contribution in [0.2, 0.25) is 0 Å². The Kier molecular flexibility index (Phi) is 5.86. The standard InChI is InChI=1S/C52H29N3O/c1-2-13-32-28-45-42(27-31(32)12-1)49-44(26-24-41-37-17-6-5-15-35(37)36-16-7-8-19-40(36)48(41)49)55(45)52-50(54-51-34-14-4-3-11-30(34)22-25-43(51)53-52)33-21-23-39-38-18-9-10-20-46(38)56-47(39)29-33/h1-29H. The van der Waals surface area contributed by atoms with E-state index in [0.29, 0.717) is 0 Å². The number of fused-ring (bicyclic) bond motifs is 17. The van der Waals surface area contributed by atoms with Crippen LogP contribution < -0.4 is 0 Å². The normalized spacial score (nSPS) is 12.3. The van der Waals surface area contributed by atoms with Gasteiger partial charge in [0.15, 0.2) is 5.82 Å². The van der Waals surface area contributed by atoms with E-state index >= 15 is 0 Å². The first-order valence-corrected chi connectivity index (χ1v) is 19.1. The Morgan fingerprint density at radius 2 is 0.982 bits per heavy atom. The molecule has 56 heavy (non-hydrogen) atoms. The Morgan fingerprint density at radius 3 is 1.79 bits per heavy atom. The van der Waals surface area contributed by atoms with Crippen LogP contribution in [0, 0.1) is 0 Å². The first-order chi connectivity index (χ1) is 27.8. The zero-order valence-electron chi connectivity index (χ0n) is 30.0. The van der Waals surface area contributed by atoms with Gasteiger partial charge >= 0.3 is 0 Å². The molecular formula is C52H29N3O. The van der Waals surface area contributed by atoms with E-state index in [-0.39, 0.29) is 0 Å². The smallest absolute Gasteiger partial charge is 0.165 e. The Bertz CT molecular complexity index is 3800. The average Bonchev–Trinajstić information content (AvgIpc) is 3.79. The van der Waals surface area contributed by atoms with Gasteiger partial charge in [0, 0.05) is 37.9 Å². The monoisotopic (exact) mass is 711 g/mol. The fourth-order valence-electron chi connectivity index (χ4n) is 9.42. The molecule has 0 atom stereocenters. The number of rotatable bonds is 2. The Morgan fingerprint density at radius 1 is 0.375 bits per heavy atom. The van der Waals surface area contributed by atoms with Crippen LogP contribution in [-0.4, -0.2) is 14.5 Å². The summed E-state index contributed by atoms with van der Waals surface area (Å²) >= 11 is 0. The molecule has 10 aromatic carbocycles. The van der Waals surface area contributed by atoms with Crippen molar-refractivity contribution >= 4 is 109 Å². The van der Waals surface area contributed by atoms with Gasteiger partial charge < -0.3 is 4.42 Å². The number of hydrogen-bond acceptors (Lipinski definition) is 3. The molecule has 0 spiro atoms. The third-order valence-corrected chi connectivity index (χ3v) is 11.9. The molecule has 0 amide bonds. The largest absolute Gasteiger partial charge is 0.456 e. The van der Waals surface area contributed by atoms with E-state index in [1.807, 2.05) is 12.1 Å². The van der Waals surface area contributed by atoms with E-state index in [0.717, 1.165) is 71.9 Å². The van der Waals surface area contributed by atoms with Crippen molar-refractivity contribution in [3.63, 3.8) is 0 Å². The topological polar surface area (TPSA) is 43.9 Å². The molecule has 0 radical (unpaired) electrons. The first kappa shape index (κ1) is 29.8. The van der Waals surface area contributed by atoms with E-state index in [9.17, 15) is 0 Å². The molecule has 13 aromatic rings. The van der Waals surface area contributed by atoms with Crippen molar-refractivity contribution in [2.75, 3.05) is 0 Å². The third kappa shape index (κ3) is 4.02. The van der Waals surface area contributed by atoms with Crippen LogP contribution in [-0.2, 0) is 0 Å². The fourth-order valence-corrected chi connectivity index (χ4v) is 9.42. The number of hydrogen-bond donors (Lipinski definition) is 0. The second kappa shape index (κ2) is 11.0. The van der Waals surface area contributed by atoms with Crippen LogP contribution in [0.25, 0.3) is 126 Å². The van der Waals surface area contributed by atoms with Gasteiger partial charge in [-0.1, -0.05) is 133 Å². The summed E-state index contributed by atoms with van der Waals surface area (Å²) in [6.45, 7) is 0. The lowest BCUT2D eigenvalue weighted by atomic mass is 9.91. The van der Waals surface area contributed by atoms with Gasteiger partial charge in [-0.2, -0.15) is 0 Å². The average molecular weight is 712 g/mol. The van der Waals surface area contributed by atoms with Crippen molar-refractivity contribution in [2.24, 2.45) is 0 Å². The molecule has 0 unspecified atom stereocenters. The molecule has 0 aliphatic rings. The molecule has 0 aliphatic carbocycles. The molecule has 258 valence electrons. The maximum absolute atomic E-state index is 6.46. The summed E-state index contributed by atoms with van der Waals surface area (Å²) in [5.74, 6) is 0.781. The van der Waals surface area contributed by atoms with Gasteiger partial charge in [-0.15, -0.1) is 0 Å². The summed E-state index contributed by atoms with van der Waals surface area (Å²) in [6.07, 6.45) is 0. The summed E-state index contributed by atoms with van der Waals surface area (Å²) in [6, 6.07) is 63.0. The van der Waals surface area contributed by atoms with Gasteiger partial charge in [-0.05, 0) is 85.6 Å². The van der Waals surface area contributed by atoms with Crippen LogP contribution in [0.5, 0.6) is 0 Å². The molecule has 3 aromatic heterocycles. The highest BCUT2D eigenvalue weighted by molar-refractivity contribution is 6.36. The number of benzene rings is 10. The van der Waals surface area contributed by atoms with E-state index in [1.165, 1.54) is 53.9 Å². The Balaban J connectivity index is 1.23. The number of nitrogens with zero attached hydrogens (tertiary/aromatic N) is 3. The maximum atomic E-state index is 6.46. The summed E-state index contributed by atoms with van der Waals surface area (Å²) in [5.41, 5.74) is 7.34. The summed E-state index contributed by atoms with van der Waals surface area (Å²) in [7, 11) is 0. The maximum Gasteiger partial charge on any atom is 0.165 e. The van der Waals surface area contributed by atoms with Crippen molar-refractivity contribution in [1.29, 1.82) is 0 Å². The minimum atomic E-state index is 0.781. The molecular weight excluding hydrogens is 683 g/mol. The van der Waals surface area contributed by atoms with E-state index in [2.05, 4.69) is 168 Å². The van der Waals surface area contributed by atoms with Crippen LogP contribution in [0.15, 0.2) is 180 Å². The van der Waals surface area contributed by atoms with Gasteiger partial charge in [0.25, 0.3) is 0 Å². The van der Waals surface area contributed by atoms with E-state index in [4.69, 9.17) is 14.4 Å². The highest BCUT2D eigenvalue weighted by atomic mass is 16.3. The highest BCUT2D eigenvalue weighted by Crippen LogP contribution is 2.45. The minimum absolute atomic E-state index is 0.781. The second-order valence-electron chi connectivity index (χ2n) is 14.9. The molecule has 13 rings (SSSR count). The first-order valence-electron chi connectivity index (χ1n) is 19.1. The highest BCUT2D eigenvalue weighted by Gasteiger charge is 2.24. The lowest BCUT2D eigenvalue weighted by Gasteiger charge is -2.15. The van der Waals surface area contributed by atoms with Crippen LogP contribution in [0.3, 0.4) is 0 Å². The summed E-state index contributed by atoms with van der Waals surface area (Å²) in [4.78, 5) is 11.2. The lowest BCUT2D eigenvalue weighted by molar-refractivity contribution is 0.669. The Hall–Kier alpha value is -7.56. The van der Waals surface area contributed by atoms with E-state index in [1.54, 1.807) is 0 Å². The molecule has 4 heteroatoms. The van der Waals surface area contributed by atoms with Crippen molar-refractivity contribution in [3.8, 4) is 17.1 Å². The molecule has 0 saturated carbocycles. The number of furan rings is 1. The molecule has 3 heterocycles. The molecule has 0 aliphatic heterocycles. The molecule has 0 N–H and O–H groups in total. The number of aromatic nitrogens is 3. The van der Waals surface area contributed by atoms with Gasteiger partial charge in [0.2, 0.25) is 0 Å². The molecule has 4 nitrogen and oxygen atoms in total. The lowest BCUT2D eigenvalue weighted by Crippen LogP contribution is -2.04. The zero-order valence-corrected chi connectivity index (χ0v) is 30.0. The molecule has 0 bridgehead atoms. The quantitative estimate of drug-likeness (QED) is 0.168. The van der Waals surface area contributed by atoms with Crippen molar-refractivity contribution in [2.45, 2.75) is 0 Å². The number of para-hydroxylation sites is 1. The van der Waals surface area contributed by atoms with Gasteiger partial charge in [0.1, 0.15) is 16.9 Å². The predicted molar refractivity (Wildman–Crippen MR) is 234 cm³/mol. The summed E-state index contributed by atoms with van der Waals surface area (Å²) in [5, 5.41) is 16.7. The van der Waals surface area contributed by atoms with Crippen LogP contribution >= 0.6 is 0 Å². The fraction of sp³-hybridized carbons (Fsp3) is 0.